The summed E-state index contributed by atoms with van der Waals surface area (Å²) >= 11 is 0. The van der Waals surface area contributed by atoms with Gasteiger partial charge in [-0.1, -0.05) is 24.3 Å². The second kappa shape index (κ2) is 7.45. The lowest BCUT2D eigenvalue weighted by Gasteiger charge is -2.09. The zero-order chi connectivity index (χ0) is 15.1. The third-order valence-electron chi connectivity index (χ3n) is 3.00. The fourth-order valence-electron chi connectivity index (χ4n) is 2.03. The summed E-state index contributed by atoms with van der Waals surface area (Å²) in [6.07, 6.45) is 0.798. The SMILES string of the molecule is Cc1cccc(NC(=O)COc2cccc(CCN)c2)c1. The fraction of sp³-hybridized carbons (Fsp3) is 0.235. The monoisotopic (exact) mass is 284 g/mol. The molecule has 0 saturated heterocycles. The molecule has 0 aromatic heterocycles. The average molecular weight is 284 g/mol. The van der Waals surface area contributed by atoms with E-state index in [-0.39, 0.29) is 12.5 Å². The standard InChI is InChI=1S/C17H20N2O2/c1-13-4-2-6-15(10-13)19-17(20)12-21-16-7-3-5-14(11-16)8-9-18/h2-7,10-11H,8-9,12,18H2,1H3,(H,19,20). The van der Waals surface area contributed by atoms with Crippen LogP contribution in [0.4, 0.5) is 5.69 Å². The van der Waals surface area contributed by atoms with Gasteiger partial charge in [0.15, 0.2) is 6.61 Å². The Kier molecular flexibility index (Phi) is 5.35. The second-order valence-corrected chi connectivity index (χ2v) is 4.89. The number of hydrogen-bond acceptors (Lipinski definition) is 3. The van der Waals surface area contributed by atoms with E-state index in [0.29, 0.717) is 12.3 Å². The van der Waals surface area contributed by atoms with Gasteiger partial charge < -0.3 is 15.8 Å². The minimum atomic E-state index is -0.176. The topological polar surface area (TPSA) is 64.3 Å². The zero-order valence-corrected chi connectivity index (χ0v) is 12.1. The second-order valence-electron chi connectivity index (χ2n) is 4.89. The van der Waals surface area contributed by atoms with E-state index in [2.05, 4.69) is 5.32 Å². The van der Waals surface area contributed by atoms with Gasteiger partial charge in [0.1, 0.15) is 5.75 Å². The summed E-state index contributed by atoms with van der Waals surface area (Å²) in [5, 5.41) is 2.81. The molecule has 0 spiro atoms. The molecule has 4 nitrogen and oxygen atoms in total. The molecular formula is C17H20N2O2. The Bertz CT molecular complexity index is 611. The minimum absolute atomic E-state index is 0.0139. The van der Waals surface area contributed by atoms with Gasteiger partial charge in [-0.05, 0) is 55.3 Å². The number of carbonyl (C=O) groups excluding carboxylic acids is 1. The van der Waals surface area contributed by atoms with Gasteiger partial charge >= 0.3 is 0 Å². The molecule has 0 bridgehead atoms. The van der Waals surface area contributed by atoms with Crippen LogP contribution in [-0.4, -0.2) is 19.1 Å². The van der Waals surface area contributed by atoms with Crippen molar-refractivity contribution in [3.05, 3.63) is 59.7 Å². The number of anilines is 1. The largest absolute Gasteiger partial charge is 0.484 e. The van der Waals surface area contributed by atoms with Gasteiger partial charge in [0.05, 0.1) is 0 Å². The van der Waals surface area contributed by atoms with Gasteiger partial charge in [-0.2, -0.15) is 0 Å². The Balaban J connectivity index is 1.87. The molecule has 110 valence electrons. The molecule has 0 heterocycles. The van der Waals surface area contributed by atoms with E-state index >= 15 is 0 Å². The first-order valence-corrected chi connectivity index (χ1v) is 6.96. The molecule has 0 radical (unpaired) electrons. The maximum absolute atomic E-state index is 11.9. The van der Waals surface area contributed by atoms with Crippen LogP contribution in [0.1, 0.15) is 11.1 Å². The third-order valence-corrected chi connectivity index (χ3v) is 3.00. The molecule has 0 aliphatic carbocycles. The predicted molar refractivity (Wildman–Crippen MR) is 84.5 cm³/mol. The summed E-state index contributed by atoms with van der Waals surface area (Å²) < 4.78 is 5.50. The maximum atomic E-state index is 11.9. The van der Waals surface area contributed by atoms with Gasteiger partial charge in [0.2, 0.25) is 0 Å². The number of aryl methyl sites for hydroxylation is 1. The molecule has 4 heteroatoms. The van der Waals surface area contributed by atoms with Crippen molar-refractivity contribution in [1.29, 1.82) is 0 Å². The number of benzene rings is 2. The number of ether oxygens (including phenoxy) is 1. The fourth-order valence-corrected chi connectivity index (χ4v) is 2.03. The van der Waals surface area contributed by atoms with Crippen LogP contribution >= 0.6 is 0 Å². The molecular weight excluding hydrogens is 264 g/mol. The summed E-state index contributed by atoms with van der Waals surface area (Å²) in [6, 6.07) is 15.3. The van der Waals surface area contributed by atoms with E-state index < -0.39 is 0 Å². The van der Waals surface area contributed by atoms with Crippen molar-refractivity contribution in [2.75, 3.05) is 18.5 Å². The first-order valence-electron chi connectivity index (χ1n) is 6.96. The minimum Gasteiger partial charge on any atom is -0.484 e. The van der Waals surface area contributed by atoms with E-state index in [1.807, 2.05) is 55.5 Å². The summed E-state index contributed by atoms with van der Waals surface area (Å²) in [7, 11) is 0. The highest BCUT2D eigenvalue weighted by Crippen LogP contribution is 2.14. The lowest BCUT2D eigenvalue weighted by molar-refractivity contribution is -0.118. The van der Waals surface area contributed by atoms with Crippen LogP contribution in [0, 0.1) is 6.92 Å². The summed E-state index contributed by atoms with van der Waals surface area (Å²) in [5.41, 5.74) is 8.51. The van der Waals surface area contributed by atoms with Crippen molar-refractivity contribution < 1.29 is 9.53 Å². The van der Waals surface area contributed by atoms with Crippen molar-refractivity contribution in [2.45, 2.75) is 13.3 Å². The van der Waals surface area contributed by atoms with Gasteiger partial charge in [0.25, 0.3) is 5.91 Å². The van der Waals surface area contributed by atoms with E-state index in [0.717, 1.165) is 23.2 Å². The molecule has 2 rings (SSSR count). The number of amides is 1. The highest BCUT2D eigenvalue weighted by atomic mass is 16.5. The molecule has 1 amide bonds. The first kappa shape index (κ1) is 15.1. The van der Waals surface area contributed by atoms with Crippen LogP contribution in [0.2, 0.25) is 0 Å². The molecule has 0 atom stereocenters. The Morgan fingerprint density at radius 1 is 1.19 bits per heavy atom. The molecule has 0 saturated carbocycles. The number of nitrogens with one attached hydrogen (secondary N) is 1. The van der Waals surface area contributed by atoms with Crippen molar-refractivity contribution in [1.82, 2.24) is 0 Å². The normalized spacial score (nSPS) is 10.2. The molecule has 2 aromatic carbocycles. The molecule has 0 aliphatic heterocycles. The highest BCUT2D eigenvalue weighted by molar-refractivity contribution is 5.91. The van der Waals surface area contributed by atoms with E-state index in [1.165, 1.54) is 0 Å². The molecule has 0 fully saturated rings. The lowest BCUT2D eigenvalue weighted by Crippen LogP contribution is -2.20. The number of hydrogen-bond donors (Lipinski definition) is 2. The maximum Gasteiger partial charge on any atom is 0.262 e. The van der Waals surface area contributed by atoms with Gasteiger partial charge in [0, 0.05) is 5.69 Å². The van der Waals surface area contributed by atoms with Crippen molar-refractivity contribution >= 4 is 11.6 Å². The van der Waals surface area contributed by atoms with E-state index in [4.69, 9.17) is 10.5 Å². The number of nitrogens with two attached hydrogens (primary N) is 1. The predicted octanol–water partition coefficient (Wildman–Crippen LogP) is 2.51. The third kappa shape index (κ3) is 4.93. The summed E-state index contributed by atoms with van der Waals surface area (Å²) in [5.74, 6) is 0.505. The van der Waals surface area contributed by atoms with Gasteiger partial charge in [-0.25, -0.2) is 0 Å². The van der Waals surface area contributed by atoms with E-state index in [1.54, 1.807) is 0 Å². The van der Waals surface area contributed by atoms with Gasteiger partial charge in [-0.15, -0.1) is 0 Å². The quantitative estimate of drug-likeness (QED) is 0.856. The zero-order valence-electron chi connectivity index (χ0n) is 12.1. The average Bonchev–Trinajstić information content (AvgIpc) is 2.46. The smallest absolute Gasteiger partial charge is 0.262 e. The number of carbonyl (C=O) groups is 1. The molecule has 0 aliphatic rings. The van der Waals surface area contributed by atoms with Crippen molar-refractivity contribution in [3.63, 3.8) is 0 Å². The summed E-state index contributed by atoms with van der Waals surface area (Å²) in [4.78, 5) is 11.9. The Labute approximate surface area is 124 Å². The molecule has 2 aromatic rings. The molecule has 21 heavy (non-hydrogen) atoms. The van der Waals surface area contributed by atoms with Crippen LogP contribution < -0.4 is 15.8 Å². The Morgan fingerprint density at radius 2 is 2.00 bits per heavy atom. The molecule has 0 unspecified atom stereocenters. The van der Waals surface area contributed by atoms with Crippen molar-refractivity contribution in [3.8, 4) is 5.75 Å². The molecule has 3 N–H and O–H groups in total. The number of rotatable bonds is 6. The van der Waals surface area contributed by atoms with Crippen molar-refractivity contribution in [2.24, 2.45) is 5.73 Å². The highest BCUT2D eigenvalue weighted by Gasteiger charge is 2.04. The van der Waals surface area contributed by atoms with Crippen LogP contribution in [0.15, 0.2) is 48.5 Å². The van der Waals surface area contributed by atoms with Crippen LogP contribution in [0.25, 0.3) is 0 Å². The van der Waals surface area contributed by atoms with Gasteiger partial charge in [-0.3, -0.25) is 4.79 Å². The first-order chi connectivity index (χ1) is 10.2. The lowest BCUT2D eigenvalue weighted by atomic mass is 10.1. The Morgan fingerprint density at radius 3 is 2.76 bits per heavy atom. The van der Waals surface area contributed by atoms with Crippen LogP contribution in [-0.2, 0) is 11.2 Å². The van der Waals surface area contributed by atoms with Crippen LogP contribution in [0.5, 0.6) is 5.75 Å². The van der Waals surface area contributed by atoms with Crippen LogP contribution in [0.3, 0.4) is 0 Å². The van der Waals surface area contributed by atoms with E-state index in [9.17, 15) is 4.79 Å². The Hall–Kier alpha value is -2.33. The summed E-state index contributed by atoms with van der Waals surface area (Å²) in [6.45, 7) is 2.56.